The van der Waals surface area contributed by atoms with Gasteiger partial charge in [-0.05, 0) is 31.1 Å². The first-order valence-electron chi connectivity index (χ1n) is 8.28. The third-order valence-electron chi connectivity index (χ3n) is 4.24. The third kappa shape index (κ3) is 3.73. The molecule has 0 fully saturated rings. The first-order valence-corrected chi connectivity index (χ1v) is 8.69. The van der Waals surface area contributed by atoms with Gasteiger partial charge in [0, 0.05) is 31.1 Å². The molecule has 132 valence electrons. The molecule has 0 aromatic heterocycles. The zero-order valence-electron chi connectivity index (χ0n) is 15.0. The van der Waals surface area contributed by atoms with E-state index in [1.165, 1.54) is 0 Å². The fraction of sp³-hybridized carbons (Fsp3) is 0.400. The molecule has 0 unspecified atom stereocenters. The van der Waals surface area contributed by atoms with E-state index < -0.39 is 6.29 Å². The Morgan fingerprint density at radius 1 is 1.20 bits per heavy atom. The third-order valence-corrected chi connectivity index (χ3v) is 4.54. The molecule has 0 amide bonds. The maximum Gasteiger partial charge on any atom is 0.217 e. The normalized spacial score (nSPS) is 19.0. The first-order chi connectivity index (χ1) is 11.9. The zero-order valence-corrected chi connectivity index (χ0v) is 15.9. The van der Waals surface area contributed by atoms with Crippen molar-refractivity contribution in [1.82, 2.24) is 0 Å². The summed E-state index contributed by atoms with van der Waals surface area (Å²) in [6.45, 7) is 4.68. The van der Waals surface area contributed by atoms with Gasteiger partial charge in [0.25, 0.3) is 0 Å². The standard InChI is InChI=1S/C20H23NO3S/c1-20(2)12-24-18(21-20)17-15(13-8-10-14(25)11-9-13)6-5-7-16(17)19(22-3)23-4/h5-10,19H,11-12H2,1-4H3. The van der Waals surface area contributed by atoms with Gasteiger partial charge in [-0.2, -0.15) is 0 Å². The van der Waals surface area contributed by atoms with Crippen molar-refractivity contribution >= 4 is 28.6 Å². The van der Waals surface area contributed by atoms with Crippen molar-refractivity contribution < 1.29 is 14.2 Å². The molecule has 2 aliphatic rings. The highest BCUT2D eigenvalue weighted by Crippen LogP contribution is 2.34. The van der Waals surface area contributed by atoms with Crippen LogP contribution in [0.3, 0.4) is 0 Å². The second-order valence-corrected chi connectivity index (χ2v) is 7.28. The lowest BCUT2D eigenvalue weighted by Crippen LogP contribution is -2.17. The minimum absolute atomic E-state index is 0.242. The Morgan fingerprint density at radius 3 is 2.52 bits per heavy atom. The van der Waals surface area contributed by atoms with Crippen LogP contribution >= 0.6 is 12.2 Å². The number of methoxy groups -OCH3 is 2. The Hall–Kier alpha value is -1.82. The van der Waals surface area contributed by atoms with Crippen molar-refractivity contribution in [2.24, 2.45) is 4.99 Å². The molecule has 0 atom stereocenters. The maximum absolute atomic E-state index is 5.95. The number of thiocarbonyl (C=S) groups is 1. The highest BCUT2D eigenvalue weighted by molar-refractivity contribution is 7.80. The van der Waals surface area contributed by atoms with Crippen molar-refractivity contribution in [3.05, 3.63) is 53.1 Å². The van der Waals surface area contributed by atoms with Gasteiger partial charge in [0.2, 0.25) is 5.90 Å². The zero-order chi connectivity index (χ0) is 18.0. The highest BCUT2D eigenvalue weighted by Gasteiger charge is 2.31. The Kier molecular flexibility index (Phi) is 5.18. The summed E-state index contributed by atoms with van der Waals surface area (Å²) < 4.78 is 17.0. The first kappa shape index (κ1) is 18.0. The number of rotatable bonds is 5. The van der Waals surface area contributed by atoms with Crippen LogP contribution in [0, 0.1) is 0 Å². The van der Waals surface area contributed by atoms with Gasteiger partial charge in [-0.3, -0.25) is 0 Å². The molecule has 0 radical (unpaired) electrons. The summed E-state index contributed by atoms with van der Waals surface area (Å²) in [6, 6.07) is 6.07. The van der Waals surface area contributed by atoms with Crippen molar-refractivity contribution in [2.75, 3.05) is 20.8 Å². The van der Waals surface area contributed by atoms with Crippen molar-refractivity contribution in [3.8, 4) is 0 Å². The largest absolute Gasteiger partial charge is 0.475 e. The quantitative estimate of drug-likeness (QED) is 0.583. The van der Waals surface area contributed by atoms with E-state index >= 15 is 0 Å². The van der Waals surface area contributed by atoms with E-state index in [0.717, 1.165) is 33.5 Å². The Morgan fingerprint density at radius 2 is 1.96 bits per heavy atom. The second-order valence-electron chi connectivity index (χ2n) is 6.75. The van der Waals surface area contributed by atoms with Gasteiger partial charge >= 0.3 is 0 Å². The van der Waals surface area contributed by atoms with Gasteiger partial charge < -0.3 is 14.2 Å². The molecule has 5 heteroatoms. The van der Waals surface area contributed by atoms with Gasteiger partial charge in [0.05, 0.1) is 11.1 Å². The SMILES string of the molecule is COC(OC)c1cccc(C2=CCC(=S)C=C2)c1C1=NC(C)(C)CO1. The van der Waals surface area contributed by atoms with E-state index in [1.54, 1.807) is 14.2 Å². The molecular weight excluding hydrogens is 334 g/mol. The van der Waals surface area contributed by atoms with Crippen LogP contribution in [0.25, 0.3) is 5.57 Å². The molecule has 0 saturated heterocycles. The van der Waals surface area contributed by atoms with Crippen molar-refractivity contribution in [1.29, 1.82) is 0 Å². The summed E-state index contributed by atoms with van der Waals surface area (Å²) in [5.41, 5.74) is 3.74. The number of hydrogen-bond donors (Lipinski definition) is 0. The summed E-state index contributed by atoms with van der Waals surface area (Å²) >= 11 is 5.26. The van der Waals surface area contributed by atoms with Crippen LogP contribution in [-0.4, -0.2) is 37.1 Å². The molecule has 0 bridgehead atoms. The number of benzene rings is 1. The fourth-order valence-electron chi connectivity index (χ4n) is 3.04. The molecule has 1 heterocycles. The van der Waals surface area contributed by atoms with E-state index in [-0.39, 0.29) is 5.54 Å². The molecule has 1 aliphatic heterocycles. The van der Waals surface area contributed by atoms with Gasteiger partial charge in [0.15, 0.2) is 6.29 Å². The van der Waals surface area contributed by atoms with Crippen LogP contribution in [0.5, 0.6) is 0 Å². The summed E-state index contributed by atoms with van der Waals surface area (Å²) in [5.74, 6) is 0.636. The van der Waals surface area contributed by atoms with E-state index in [1.807, 2.05) is 24.3 Å². The summed E-state index contributed by atoms with van der Waals surface area (Å²) in [4.78, 5) is 5.71. The molecule has 4 nitrogen and oxygen atoms in total. The van der Waals surface area contributed by atoms with E-state index in [0.29, 0.717) is 12.5 Å². The molecule has 0 spiro atoms. The van der Waals surface area contributed by atoms with Crippen molar-refractivity contribution in [2.45, 2.75) is 32.1 Å². The number of aliphatic imine (C=N–C) groups is 1. The van der Waals surface area contributed by atoms with E-state index in [2.05, 4.69) is 26.0 Å². The van der Waals surface area contributed by atoms with Gasteiger partial charge in [-0.15, -0.1) is 0 Å². The number of allylic oxidation sites excluding steroid dienone is 4. The van der Waals surface area contributed by atoms with Crippen LogP contribution in [0.1, 0.15) is 43.2 Å². The molecule has 25 heavy (non-hydrogen) atoms. The lowest BCUT2D eigenvalue weighted by molar-refractivity contribution is -0.106. The smallest absolute Gasteiger partial charge is 0.217 e. The Bertz CT molecular complexity index is 773. The molecule has 3 rings (SSSR count). The summed E-state index contributed by atoms with van der Waals surface area (Å²) in [6.07, 6.45) is 6.44. The monoisotopic (exact) mass is 357 g/mol. The molecule has 1 aromatic carbocycles. The number of hydrogen-bond acceptors (Lipinski definition) is 5. The van der Waals surface area contributed by atoms with Gasteiger partial charge in [0.1, 0.15) is 6.61 Å². The number of ether oxygens (including phenoxy) is 3. The van der Waals surface area contributed by atoms with Gasteiger partial charge in [-0.1, -0.05) is 42.6 Å². The molecule has 0 saturated carbocycles. The predicted molar refractivity (Wildman–Crippen MR) is 104 cm³/mol. The predicted octanol–water partition coefficient (Wildman–Crippen LogP) is 4.25. The minimum atomic E-state index is -0.487. The van der Waals surface area contributed by atoms with Gasteiger partial charge in [-0.25, -0.2) is 4.99 Å². The average molecular weight is 357 g/mol. The van der Waals surface area contributed by atoms with Crippen LogP contribution in [0.4, 0.5) is 0 Å². The van der Waals surface area contributed by atoms with E-state index in [9.17, 15) is 0 Å². The second kappa shape index (κ2) is 7.20. The molecule has 1 aromatic rings. The molecule has 1 aliphatic carbocycles. The van der Waals surface area contributed by atoms with Crippen LogP contribution in [0.2, 0.25) is 0 Å². The number of nitrogens with zero attached hydrogens (tertiary/aromatic N) is 1. The van der Waals surface area contributed by atoms with Crippen LogP contribution in [0.15, 0.2) is 41.4 Å². The molecule has 0 N–H and O–H groups in total. The lowest BCUT2D eigenvalue weighted by Gasteiger charge is -2.21. The van der Waals surface area contributed by atoms with Crippen LogP contribution in [-0.2, 0) is 14.2 Å². The van der Waals surface area contributed by atoms with E-state index in [4.69, 9.17) is 31.4 Å². The molecular formula is C20H23NO3S. The minimum Gasteiger partial charge on any atom is -0.475 e. The Balaban J connectivity index is 2.17. The van der Waals surface area contributed by atoms with Crippen LogP contribution < -0.4 is 0 Å². The summed E-state index contributed by atoms with van der Waals surface area (Å²) in [7, 11) is 3.26. The maximum atomic E-state index is 5.95. The summed E-state index contributed by atoms with van der Waals surface area (Å²) in [5, 5.41) is 0. The van der Waals surface area contributed by atoms with Crippen molar-refractivity contribution in [3.63, 3.8) is 0 Å². The fourth-order valence-corrected chi connectivity index (χ4v) is 3.19. The Labute approximate surface area is 154 Å². The lowest BCUT2D eigenvalue weighted by atomic mass is 9.91. The average Bonchev–Trinajstić information content (AvgIpc) is 2.96. The highest BCUT2D eigenvalue weighted by atomic mass is 32.1. The topological polar surface area (TPSA) is 40.0 Å².